The van der Waals surface area contributed by atoms with Gasteiger partial charge in [0.05, 0.1) is 0 Å². The first-order valence-corrected chi connectivity index (χ1v) is 9.11. The van der Waals surface area contributed by atoms with E-state index in [4.69, 9.17) is 0 Å². The Morgan fingerprint density at radius 2 is 1.70 bits per heavy atom. The molecule has 1 rings (SSSR count). The number of hydrogen-bond acceptors (Lipinski definition) is 2. The molecule has 0 radical (unpaired) electrons. The van der Waals surface area contributed by atoms with Crippen LogP contribution < -0.4 is 5.32 Å². The van der Waals surface area contributed by atoms with Crippen LogP contribution in [0.15, 0.2) is 18.2 Å². The zero-order valence-corrected chi connectivity index (χ0v) is 14.3. The van der Waals surface area contributed by atoms with Gasteiger partial charge in [-0.1, -0.05) is 56.5 Å². The van der Waals surface area contributed by atoms with Gasteiger partial charge in [-0.3, -0.25) is 4.21 Å². The van der Waals surface area contributed by atoms with E-state index in [0.29, 0.717) is 11.7 Å². The van der Waals surface area contributed by atoms with Crippen molar-refractivity contribution in [3.05, 3.63) is 34.9 Å². The van der Waals surface area contributed by atoms with Gasteiger partial charge >= 0.3 is 0 Å². The van der Waals surface area contributed by atoms with Crippen molar-refractivity contribution in [1.82, 2.24) is 5.32 Å². The molecule has 1 N–H and O–H groups in total. The Labute approximate surface area is 126 Å². The second-order valence-corrected chi connectivity index (χ2v) is 7.36. The molecule has 0 amide bonds. The summed E-state index contributed by atoms with van der Waals surface area (Å²) < 4.78 is 12.3. The average Bonchev–Trinajstić information content (AvgIpc) is 2.36. The van der Waals surface area contributed by atoms with Gasteiger partial charge in [0, 0.05) is 28.3 Å². The fourth-order valence-corrected chi connectivity index (χ4v) is 4.11. The van der Waals surface area contributed by atoms with Crippen LogP contribution in [0.5, 0.6) is 0 Å². The quantitative estimate of drug-likeness (QED) is 0.791. The summed E-state index contributed by atoms with van der Waals surface area (Å²) >= 11 is 0. The molecule has 1 aromatic carbocycles. The van der Waals surface area contributed by atoms with E-state index in [2.05, 4.69) is 58.1 Å². The summed E-state index contributed by atoms with van der Waals surface area (Å²) in [6.07, 6.45) is 1.10. The lowest BCUT2D eigenvalue weighted by Crippen LogP contribution is -2.27. The average molecular weight is 295 g/mol. The van der Waals surface area contributed by atoms with Crippen LogP contribution >= 0.6 is 0 Å². The number of nitrogens with one attached hydrogen (secondary N) is 1. The second kappa shape index (κ2) is 8.58. The van der Waals surface area contributed by atoms with Crippen molar-refractivity contribution in [1.29, 1.82) is 0 Å². The number of hydrogen-bond donors (Lipinski definition) is 1. The molecule has 0 aliphatic rings. The summed E-state index contributed by atoms with van der Waals surface area (Å²) in [5.41, 5.74) is 3.81. The Bertz CT molecular complexity index is 424. The highest BCUT2D eigenvalue weighted by Crippen LogP contribution is 2.19. The lowest BCUT2D eigenvalue weighted by molar-refractivity contribution is 0.582. The zero-order valence-electron chi connectivity index (χ0n) is 13.5. The minimum Gasteiger partial charge on any atom is -0.309 e. The van der Waals surface area contributed by atoms with Gasteiger partial charge in [-0.05, 0) is 31.9 Å². The van der Waals surface area contributed by atoms with E-state index in [1.165, 1.54) is 16.7 Å². The van der Waals surface area contributed by atoms with Crippen molar-refractivity contribution in [2.24, 2.45) is 5.92 Å². The maximum absolute atomic E-state index is 12.3. The molecule has 0 bridgehead atoms. The highest BCUT2D eigenvalue weighted by atomic mass is 32.2. The number of benzene rings is 1. The molecule has 0 aromatic heterocycles. The van der Waals surface area contributed by atoms with Crippen molar-refractivity contribution >= 4 is 10.8 Å². The summed E-state index contributed by atoms with van der Waals surface area (Å²) in [5, 5.41) is 3.48. The molecule has 0 heterocycles. The van der Waals surface area contributed by atoms with Crippen LogP contribution in [-0.2, 0) is 10.8 Å². The van der Waals surface area contributed by atoms with Crippen LogP contribution in [0.1, 0.15) is 49.9 Å². The fourth-order valence-electron chi connectivity index (χ4n) is 2.42. The van der Waals surface area contributed by atoms with Crippen LogP contribution in [0.4, 0.5) is 0 Å². The molecule has 0 spiro atoms. The Kier molecular flexibility index (Phi) is 7.46. The molecule has 0 aliphatic heterocycles. The van der Waals surface area contributed by atoms with Crippen molar-refractivity contribution < 1.29 is 4.21 Å². The predicted molar refractivity (Wildman–Crippen MR) is 89.7 cm³/mol. The molecular weight excluding hydrogens is 266 g/mol. The predicted octanol–water partition coefficient (Wildman–Crippen LogP) is 3.75. The van der Waals surface area contributed by atoms with E-state index in [1.54, 1.807) is 0 Å². The van der Waals surface area contributed by atoms with Gasteiger partial charge in [0.2, 0.25) is 0 Å². The molecular formula is C17H29NOS. The summed E-state index contributed by atoms with van der Waals surface area (Å²) in [4.78, 5) is 0. The van der Waals surface area contributed by atoms with Crippen LogP contribution in [0, 0.1) is 19.8 Å². The van der Waals surface area contributed by atoms with Gasteiger partial charge in [0.15, 0.2) is 0 Å². The van der Waals surface area contributed by atoms with E-state index < -0.39 is 10.8 Å². The Balaban J connectivity index is 2.80. The molecule has 114 valence electrons. The van der Waals surface area contributed by atoms with Gasteiger partial charge in [-0.2, -0.15) is 0 Å². The second-order valence-electron chi connectivity index (χ2n) is 5.82. The highest BCUT2D eigenvalue weighted by molar-refractivity contribution is 7.85. The largest absolute Gasteiger partial charge is 0.309 e. The van der Waals surface area contributed by atoms with Crippen LogP contribution in [-0.4, -0.2) is 22.3 Å². The summed E-state index contributed by atoms with van der Waals surface area (Å²) in [5.74, 6) is 2.06. The Hall–Kier alpha value is -0.670. The zero-order chi connectivity index (χ0) is 15.1. The molecule has 0 saturated heterocycles. The van der Waals surface area contributed by atoms with Gasteiger partial charge < -0.3 is 5.32 Å². The molecule has 2 nitrogen and oxygen atoms in total. The first kappa shape index (κ1) is 17.4. The molecule has 0 fully saturated rings. The minimum atomic E-state index is -0.758. The molecule has 3 heteroatoms. The minimum absolute atomic E-state index is 0.198. The van der Waals surface area contributed by atoms with Gasteiger partial charge in [-0.25, -0.2) is 0 Å². The van der Waals surface area contributed by atoms with E-state index in [0.717, 1.165) is 18.7 Å². The Morgan fingerprint density at radius 3 is 2.20 bits per heavy atom. The molecule has 3 unspecified atom stereocenters. The standard InChI is InChI=1S/C17H29NOS/c1-6-13(3)11-20(19)12-17(18-7-2)16-9-14(4)8-15(5)10-16/h8-10,13,17-18H,6-7,11-12H2,1-5H3. The topological polar surface area (TPSA) is 29.1 Å². The highest BCUT2D eigenvalue weighted by Gasteiger charge is 2.16. The molecule has 1 aromatic rings. The van der Waals surface area contributed by atoms with Crippen molar-refractivity contribution in [3.8, 4) is 0 Å². The summed E-state index contributed by atoms with van der Waals surface area (Å²) in [6, 6.07) is 6.80. The van der Waals surface area contributed by atoms with Crippen LogP contribution in [0.25, 0.3) is 0 Å². The fraction of sp³-hybridized carbons (Fsp3) is 0.647. The van der Waals surface area contributed by atoms with E-state index in [-0.39, 0.29) is 6.04 Å². The van der Waals surface area contributed by atoms with E-state index >= 15 is 0 Å². The smallest absolute Gasteiger partial charge is 0.0436 e. The third-order valence-corrected chi connectivity index (χ3v) is 5.26. The van der Waals surface area contributed by atoms with E-state index in [1.807, 2.05) is 0 Å². The van der Waals surface area contributed by atoms with Crippen LogP contribution in [0.2, 0.25) is 0 Å². The lowest BCUT2D eigenvalue weighted by atomic mass is 10.0. The number of aryl methyl sites for hydroxylation is 2. The molecule has 3 atom stereocenters. The molecule has 0 saturated carbocycles. The third kappa shape index (κ3) is 5.76. The van der Waals surface area contributed by atoms with Crippen molar-refractivity contribution in [2.75, 3.05) is 18.1 Å². The number of rotatable bonds is 8. The molecule has 20 heavy (non-hydrogen) atoms. The lowest BCUT2D eigenvalue weighted by Gasteiger charge is -2.20. The Morgan fingerprint density at radius 1 is 1.10 bits per heavy atom. The maximum Gasteiger partial charge on any atom is 0.0436 e. The van der Waals surface area contributed by atoms with E-state index in [9.17, 15) is 4.21 Å². The van der Waals surface area contributed by atoms with Crippen molar-refractivity contribution in [2.45, 2.75) is 47.1 Å². The SMILES string of the molecule is CCNC(CS(=O)CC(C)CC)c1cc(C)cc(C)c1. The van der Waals surface area contributed by atoms with Gasteiger partial charge in [0.25, 0.3) is 0 Å². The first-order chi connectivity index (χ1) is 9.46. The van der Waals surface area contributed by atoms with Crippen LogP contribution in [0.3, 0.4) is 0 Å². The normalized spacial score (nSPS) is 15.8. The third-order valence-electron chi connectivity index (χ3n) is 3.62. The summed E-state index contributed by atoms with van der Waals surface area (Å²) in [7, 11) is -0.758. The van der Waals surface area contributed by atoms with Gasteiger partial charge in [-0.15, -0.1) is 0 Å². The summed E-state index contributed by atoms with van der Waals surface area (Å²) in [6.45, 7) is 11.6. The first-order valence-electron chi connectivity index (χ1n) is 7.62. The molecule has 0 aliphatic carbocycles. The maximum atomic E-state index is 12.3. The van der Waals surface area contributed by atoms with Gasteiger partial charge in [0.1, 0.15) is 0 Å². The monoisotopic (exact) mass is 295 g/mol. The van der Waals surface area contributed by atoms with Crippen molar-refractivity contribution in [3.63, 3.8) is 0 Å².